The fourth-order valence-electron chi connectivity index (χ4n) is 3.00. The first-order valence-corrected chi connectivity index (χ1v) is 11.0. The molecule has 0 bridgehead atoms. The number of sulfonamides is 1. The van der Waals surface area contributed by atoms with Crippen molar-refractivity contribution in [3.05, 3.63) is 60.0 Å². The Bertz CT molecular complexity index is 1130. The zero-order chi connectivity index (χ0) is 21.9. The zero-order valence-corrected chi connectivity index (χ0v) is 18.3. The molecule has 160 valence electrons. The van der Waals surface area contributed by atoms with Crippen molar-refractivity contribution in [2.75, 3.05) is 13.7 Å². The maximum atomic E-state index is 12.8. The van der Waals surface area contributed by atoms with Crippen LogP contribution in [-0.4, -0.2) is 42.9 Å². The predicted octanol–water partition coefficient (Wildman–Crippen LogP) is 2.39. The van der Waals surface area contributed by atoms with E-state index in [0.717, 1.165) is 11.3 Å². The van der Waals surface area contributed by atoms with E-state index in [9.17, 15) is 13.2 Å². The molecule has 0 aliphatic rings. The van der Waals surface area contributed by atoms with Gasteiger partial charge in [0.2, 0.25) is 10.0 Å². The van der Waals surface area contributed by atoms with Gasteiger partial charge in [-0.15, -0.1) is 0 Å². The van der Waals surface area contributed by atoms with Crippen LogP contribution in [0, 0.1) is 0 Å². The molecule has 0 unspecified atom stereocenters. The number of hydrogen-bond acceptors (Lipinski definition) is 5. The molecule has 9 heteroatoms. The Morgan fingerprint density at radius 2 is 1.97 bits per heavy atom. The fourth-order valence-corrected chi connectivity index (χ4v) is 4.61. The van der Waals surface area contributed by atoms with Crippen molar-refractivity contribution in [2.24, 2.45) is 0 Å². The minimum atomic E-state index is -3.86. The number of imidazole rings is 1. The van der Waals surface area contributed by atoms with Gasteiger partial charge in [0.15, 0.2) is 0 Å². The van der Waals surface area contributed by atoms with E-state index in [1.54, 1.807) is 20.8 Å². The summed E-state index contributed by atoms with van der Waals surface area (Å²) in [4.78, 5) is 17.0. The predicted molar refractivity (Wildman–Crippen MR) is 114 cm³/mol. The standard InChI is InChI=1S/C21H26N4O4S/c1-21(2,3)24-30(27,28)18-13-15(8-9-17(18)29-4)20(26)22-11-10-16-14-25-12-6-5-7-19(25)23-16/h5-9,12-14,24H,10-11H2,1-4H3,(H,22,26). The molecule has 2 heterocycles. The van der Waals surface area contributed by atoms with Crippen LogP contribution in [0.3, 0.4) is 0 Å². The van der Waals surface area contributed by atoms with Crippen molar-refractivity contribution in [2.45, 2.75) is 37.6 Å². The summed E-state index contributed by atoms with van der Waals surface area (Å²) < 4.78 is 35.2. The second-order valence-electron chi connectivity index (χ2n) is 7.93. The van der Waals surface area contributed by atoms with E-state index in [0.29, 0.717) is 13.0 Å². The molecule has 3 rings (SSSR count). The third-order valence-electron chi connectivity index (χ3n) is 4.24. The average Bonchev–Trinajstić information content (AvgIpc) is 3.08. The zero-order valence-electron chi connectivity index (χ0n) is 17.5. The van der Waals surface area contributed by atoms with Crippen LogP contribution >= 0.6 is 0 Å². The van der Waals surface area contributed by atoms with Crippen molar-refractivity contribution >= 4 is 21.6 Å². The number of carbonyl (C=O) groups excluding carboxylic acids is 1. The van der Waals surface area contributed by atoms with Crippen molar-refractivity contribution in [3.63, 3.8) is 0 Å². The number of ether oxygens (including phenoxy) is 1. The summed E-state index contributed by atoms with van der Waals surface area (Å²) in [6.45, 7) is 5.60. The highest BCUT2D eigenvalue weighted by atomic mass is 32.2. The van der Waals surface area contributed by atoms with Gasteiger partial charge in [0.05, 0.1) is 12.8 Å². The molecule has 2 N–H and O–H groups in total. The third-order valence-corrected chi connectivity index (χ3v) is 6.02. The maximum Gasteiger partial charge on any atom is 0.251 e. The van der Waals surface area contributed by atoms with Crippen LogP contribution in [0.1, 0.15) is 36.8 Å². The van der Waals surface area contributed by atoms with Gasteiger partial charge < -0.3 is 14.5 Å². The normalized spacial score (nSPS) is 12.1. The number of hydrogen-bond donors (Lipinski definition) is 2. The van der Waals surface area contributed by atoms with Gasteiger partial charge in [-0.3, -0.25) is 4.79 Å². The Kier molecular flexibility index (Phi) is 6.14. The molecule has 30 heavy (non-hydrogen) atoms. The van der Waals surface area contributed by atoms with Gasteiger partial charge in [-0.1, -0.05) is 6.07 Å². The molecule has 1 aromatic carbocycles. The van der Waals surface area contributed by atoms with Crippen LogP contribution in [0.15, 0.2) is 53.7 Å². The minimum absolute atomic E-state index is 0.0760. The second kappa shape index (κ2) is 8.45. The summed E-state index contributed by atoms with van der Waals surface area (Å²) in [5.41, 5.74) is 1.26. The average molecular weight is 431 g/mol. The topological polar surface area (TPSA) is 102 Å². The lowest BCUT2D eigenvalue weighted by atomic mass is 10.1. The number of carbonyl (C=O) groups is 1. The highest BCUT2D eigenvalue weighted by molar-refractivity contribution is 7.89. The number of methoxy groups -OCH3 is 1. The molecule has 1 amide bonds. The molecular formula is C21H26N4O4S. The summed E-state index contributed by atoms with van der Waals surface area (Å²) in [7, 11) is -2.47. The number of benzene rings is 1. The molecule has 0 saturated carbocycles. The van der Waals surface area contributed by atoms with Gasteiger partial charge >= 0.3 is 0 Å². The summed E-state index contributed by atoms with van der Waals surface area (Å²) >= 11 is 0. The molecule has 0 radical (unpaired) electrons. The van der Waals surface area contributed by atoms with Crippen LogP contribution in [0.4, 0.5) is 0 Å². The Morgan fingerprint density at radius 3 is 2.63 bits per heavy atom. The quantitative estimate of drug-likeness (QED) is 0.599. The van der Waals surface area contributed by atoms with Crippen LogP contribution in [0.5, 0.6) is 5.75 Å². The largest absolute Gasteiger partial charge is 0.495 e. The van der Waals surface area contributed by atoms with E-state index < -0.39 is 15.6 Å². The van der Waals surface area contributed by atoms with Gasteiger partial charge in [0, 0.05) is 36.5 Å². The first kappa shape index (κ1) is 21.8. The molecule has 0 spiro atoms. The van der Waals surface area contributed by atoms with Gasteiger partial charge in [-0.2, -0.15) is 0 Å². The molecule has 0 aliphatic carbocycles. The van der Waals surface area contributed by atoms with E-state index >= 15 is 0 Å². The monoisotopic (exact) mass is 430 g/mol. The lowest BCUT2D eigenvalue weighted by Crippen LogP contribution is -2.40. The van der Waals surface area contributed by atoms with E-state index in [2.05, 4.69) is 15.0 Å². The number of fused-ring (bicyclic) bond motifs is 1. The molecule has 0 atom stereocenters. The van der Waals surface area contributed by atoms with Crippen molar-refractivity contribution in [3.8, 4) is 5.75 Å². The van der Waals surface area contributed by atoms with Gasteiger partial charge in [-0.05, 0) is 51.1 Å². The molecular weight excluding hydrogens is 404 g/mol. The Hall–Kier alpha value is -2.91. The minimum Gasteiger partial charge on any atom is -0.495 e. The number of nitrogens with zero attached hydrogens (tertiary/aromatic N) is 2. The molecule has 8 nitrogen and oxygen atoms in total. The van der Waals surface area contributed by atoms with Crippen LogP contribution in [-0.2, 0) is 16.4 Å². The number of amides is 1. The number of aromatic nitrogens is 2. The van der Waals surface area contributed by atoms with Crippen LogP contribution in [0.2, 0.25) is 0 Å². The van der Waals surface area contributed by atoms with Gasteiger partial charge in [0.1, 0.15) is 16.3 Å². The van der Waals surface area contributed by atoms with Crippen molar-refractivity contribution in [1.82, 2.24) is 19.4 Å². The molecule has 3 aromatic rings. The number of rotatable bonds is 7. The Morgan fingerprint density at radius 1 is 1.20 bits per heavy atom. The van der Waals surface area contributed by atoms with E-state index in [1.807, 2.05) is 35.0 Å². The first-order chi connectivity index (χ1) is 14.1. The molecule has 0 fully saturated rings. The Labute approximate surface area is 176 Å². The van der Waals surface area contributed by atoms with E-state index in [4.69, 9.17) is 4.74 Å². The van der Waals surface area contributed by atoms with Crippen molar-refractivity contribution in [1.29, 1.82) is 0 Å². The molecule has 0 aliphatic heterocycles. The second-order valence-corrected chi connectivity index (χ2v) is 9.58. The van der Waals surface area contributed by atoms with E-state index in [-0.39, 0.29) is 22.1 Å². The molecule has 0 saturated heterocycles. The number of pyridine rings is 1. The van der Waals surface area contributed by atoms with Gasteiger partial charge in [-0.25, -0.2) is 18.1 Å². The summed E-state index contributed by atoms with van der Waals surface area (Å²) in [6, 6.07) is 10.1. The van der Waals surface area contributed by atoms with Gasteiger partial charge in [0.25, 0.3) is 5.91 Å². The van der Waals surface area contributed by atoms with Crippen molar-refractivity contribution < 1.29 is 17.9 Å². The SMILES string of the molecule is COc1ccc(C(=O)NCCc2cn3ccccc3n2)cc1S(=O)(=O)NC(C)(C)C. The third kappa shape index (κ3) is 5.17. The van der Waals surface area contributed by atoms with Crippen LogP contribution in [0.25, 0.3) is 5.65 Å². The highest BCUT2D eigenvalue weighted by Crippen LogP contribution is 2.26. The molecule has 2 aromatic heterocycles. The first-order valence-electron chi connectivity index (χ1n) is 9.52. The summed E-state index contributed by atoms with van der Waals surface area (Å²) in [6.07, 6.45) is 4.38. The lowest BCUT2D eigenvalue weighted by Gasteiger charge is -2.21. The maximum absolute atomic E-state index is 12.8. The smallest absolute Gasteiger partial charge is 0.251 e. The highest BCUT2D eigenvalue weighted by Gasteiger charge is 2.26. The fraction of sp³-hybridized carbons (Fsp3) is 0.333. The Balaban J connectivity index is 1.72. The summed E-state index contributed by atoms with van der Waals surface area (Å²) in [5, 5.41) is 2.81. The summed E-state index contributed by atoms with van der Waals surface area (Å²) in [5.74, 6) is -0.193. The lowest BCUT2D eigenvalue weighted by molar-refractivity contribution is 0.0954. The van der Waals surface area contributed by atoms with Crippen LogP contribution < -0.4 is 14.8 Å². The van der Waals surface area contributed by atoms with E-state index in [1.165, 1.54) is 25.3 Å². The number of nitrogens with one attached hydrogen (secondary N) is 2.